The molecule has 0 bridgehead atoms. The first-order valence-electron chi connectivity index (χ1n) is 11.5. The number of esters is 1. The van der Waals surface area contributed by atoms with E-state index in [2.05, 4.69) is 37.1 Å². The van der Waals surface area contributed by atoms with E-state index >= 15 is 0 Å². The minimum atomic E-state index is -1.16. The molecule has 0 radical (unpaired) electrons. The first-order valence-corrected chi connectivity index (χ1v) is 12.3. The Morgan fingerprint density at radius 2 is 1.97 bits per heavy atom. The molecule has 0 unspecified atom stereocenters. The summed E-state index contributed by atoms with van der Waals surface area (Å²) in [5.41, 5.74) is 4.39. The zero-order chi connectivity index (χ0) is 27.8. The van der Waals surface area contributed by atoms with Crippen LogP contribution in [0.2, 0.25) is 0 Å². The van der Waals surface area contributed by atoms with Gasteiger partial charge in [-0.3, -0.25) is 5.43 Å². The van der Waals surface area contributed by atoms with Gasteiger partial charge in [0.05, 0.1) is 43.1 Å². The summed E-state index contributed by atoms with van der Waals surface area (Å²) >= 11 is 3.24. The Bertz CT molecular complexity index is 1250. The maximum Gasteiger partial charge on any atom is 0.337 e. The number of aliphatic hydroxyl groups is 1. The van der Waals surface area contributed by atoms with Gasteiger partial charge in [0.1, 0.15) is 6.61 Å². The molecule has 0 aromatic heterocycles. The summed E-state index contributed by atoms with van der Waals surface area (Å²) in [6.07, 6.45) is 0.279. The largest absolute Gasteiger partial charge is 0.503 e. The van der Waals surface area contributed by atoms with E-state index in [1.165, 1.54) is 20.4 Å². The number of amides is 2. The number of aliphatic hydroxyl groups excluding tert-OH is 1. The molecule has 1 heterocycles. The number of methoxy groups -OCH3 is 2. The summed E-state index contributed by atoms with van der Waals surface area (Å²) < 4.78 is 21.9. The van der Waals surface area contributed by atoms with Gasteiger partial charge in [0.15, 0.2) is 29.2 Å². The third-order valence-corrected chi connectivity index (χ3v) is 5.98. The summed E-state index contributed by atoms with van der Waals surface area (Å²) in [7, 11) is 2.70. The Labute approximate surface area is 227 Å². The summed E-state index contributed by atoms with van der Waals surface area (Å²) in [6.45, 7) is 3.57. The van der Waals surface area contributed by atoms with Gasteiger partial charge in [-0.1, -0.05) is 6.07 Å². The van der Waals surface area contributed by atoms with E-state index < -0.39 is 24.3 Å². The van der Waals surface area contributed by atoms with Crippen molar-refractivity contribution in [3.05, 3.63) is 57.2 Å². The van der Waals surface area contributed by atoms with E-state index in [4.69, 9.17) is 18.9 Å². The van der Waals surface area contributed by atoms with Gasteiger partial charge >= 0.3 is 12.0 Å². The molecule has 13 heteroatoms. The molecule has 1 aliphatic heterocycles. The number of carbonyl (C=O) groups is 2. The van der Waals surface area contributed by atoms with E-state index in [1.807, 2.05) is 0 Å². The number of phenolic OH excluding ortho intramolecular Hbond substituents is 1. The van der Waals surface area contributed by atoms with Crippen LogP contribution in [0.3, 0.4) is 0 Å². The molecule has 0 spiro atoms. The fraction of sp³-hybridized carbons (Fsp3) is 0.320. The van der Waals surface area contributed by atoms with Crippen LogP contribution in [0.4, 0.5) is 4.79 Å². The number of nitrogens with zero attached hydrogens (tertiary/aromatic N) is 1. The van der Waals surface area contributed by atoms with Gasteiger partial charge in [-0.15, -0.1) is 0 Å². The zero-order valence-corrected chi connectivity index (χ0v) is 22.8. The van der Waals surface area contributed by atoms with E-state index in [0.29, 0.717) is 39.4 Å². The second-order valence-electron chi connectivity index (χ2n) is 7.97. The molecule has 2 amide bonds. The molecule has 0 aliphatic carbocycles. The molecule has 38 heavy (non-hydrogen) atoms. The van der Waals surface area contributed by atoms with Crippen molar-refractivity contribution < 1.29 is 38.7 Å². The standard InChI is InChI=1S/C25H29BrN4O8/c1-5-37-18-10-15(22-21(24(33)36-4)13(2)28-25(34)29-22)6-7-17(18)38-12-20(31)30-27-11-14-8-16(26)23(32)19(9-14)35-3/h6-11,20,22,30-32H,5,12H2,1-4H3,(H2,28,29,34)/b27-11-/t20-,22+/m1/s1. The predicted molar refractivity (Wildman–Crippen MR) is 141 cm³/mol. The molecule has 0 fully saturated rings. The molecule has 3 rings (SSSR count). The molecule has 204 valence electrons. The third kappa shape index (κ3) is 6.86. The lowest BCUT2D eigenvalue weighted by Gasteiger charge is -2.28. The molecule has 5 N–H and O–H groups in total. The lowest BCUT2D eigenvalue weighted by molar-refractivity contribution is -0.136. The van der Waals surface area contributed by atoms with Crippen molar-refractivity contribution in [3.63, 3.8) is 0 Å². The van der Waals surface area contributed by atoms with Gasteiger partial charge in [0.2, 0.25) is 0 Å². The highest BCUT2D eigenvalue weighted by atomic mass is 79.9. The third-order valence-electron chi connectivity index (χ3n) is 5.38. The lowest BCUT2D eigenvalue weighted by atomic mass is 9.95. The van der Waals surface area contributed by atoms with Crippen molar-refractivity contribution >= 4 is 34.1 Å². The monoisotopic (exact) mass is 592 g/mol. The molecule has 0 saturated heterocycles. The van der Waals surface area contributed by atoms with Crippen molar-refractivity contribution in [2.24, 2.45) is 5.10 Å². The van der Waals surface area contributed by atoms with E-state index in [1.54, 1.807) is 44.2 Å². The Hall–Kier alpha value is -3.97. The Kier molecular flexibility index (Phi) is 9.79. The quantitative estimate of drug-likeness (QED) is 0.114. The van der Waals surface area contributed by atoms with Crippen molar-refractivity contribution in [1.82, 2.24) is 16.1 Å². The predicted octanol–water partition coefficient (Wildman–Crippen LogP) is 2.68. The smallest absolute Gasteiger partial charge is 0.337 e. The van der Waals surface area contributed by atoms with Crippen LogP contribution in [0.1, 0.15) is 31.0 Å². The molecular formula is C25H29BrN4O8. The molecule has 2 aromatic rings. The number of urea groups is 1. The van der Waals surface area contributed by atoms with E-state index in [0.717, 1.165) is 0 Å². The van der Waals surface area contributed by atoms with Crippen molar-refractivity contribution in [2.75, 3.05) is 27.4 Å². The van der Waals surface area contributed by atoms with Gasteiger partial charge in [-0.2, -0.15) is 5.10 Å². The molecule has 0 saturated carbocycles. The van der Waals surface area contributed by atoms with Crippen LogP contribution < -0.4 is 30.3 Å². The summed E-state index contributed by atoms with van der Waals surface area (Å²) in [5.74, 6) is 0.359. The highest BCUT2D eigenvalue weighted by Gasteiger charge is 2.32. The number of allylic oxidation sites excluding steroid dienone is 1. The molecular weight excluding hydrogens is 564 g/mol. The van der Waals surface area contributed by atoms with Crippen LogP contribution >= 0.6 is 15.9 Å². The number of ether oxygens (including phenoxy) is 4. The Morgan fingerprint density at radius 1 is 1.21 bits per heavy atom. The van der Waals surface area contributed by atoms with Crippen LogP contribution in [0.25, 0.3) is 0 Å². The van der Waals surface area contributed by atoms with Crippen LogP contribution in [0.15, 0.2) is 51.2 Å². The number of hydrogen-bond donors (Lipinski definition) is 5. The SMILES string of the molecule is CCOc1cc([C@@H]2NC(=O)NC(C)=C2C(=O)OC)ccc1OC[C@@H](O)N/N=C\c1cc(Br)c(O)c(OC)c1. The number of benzene rings is 2. The fourth-order valence-corrected chi connectivity index (χ4v) is 4.10. The summed E-state index contributed by atoms with van der Waals surface area (Å²) in [6, 6.07) is 6.95. The second-order valence-corrected chi connectivity index (χ2v) is 8.82. The van der Waals surface area contributed by atoms with E-state index in [9.17, 15) is 19.8 Å². The van der Waals surface area contributed by atoms with Crippen molar-refractivity contribution in [3.8, 4) is 23.0 Å². The minimum absolute atomic E-state index is 0.0302. The summed E-state index contributed by atoms with van der Waals surface area (Å²) in [4.78, 5) is 24.4. The number of carbonyl (C=O) groups excluding carboxylic acids is 2. The second kappa shape index (κ2) is 13.0. The highest BCUT2D eigenvalue weighted by molar-refractivity contribution is 9.10. The number of rotatable bonds is 11. The average molecular weight is 593 g/mol. The normalized spacial score (nSPS) is 15.9. The topological polar surface area (TPSA) is 160 Å². The van der Waals surface area contributed by atoms with Gasteiger partial charge in [-0.05, 0) is 65.2 Å². The maximum absolute atomic E-state index is 12.4. The minimum Gasteiger partial charge on any atom is -0.503 e. The summed E-state index contributed by atoms with van der Waals surface area (Å²) in [5, 5.41) is 29.5. The lowest BCUT2D eigenvalue weighted by Crippen LogP contribution is -2.45. The fourth-order valence-electron chi connectivity index (χ4n) is 3.64. The number of hydrogen-bond acceptors (Lipinski definition) is 10. The molecule has 1 aliphatic rings. The number of aromatic hydroxyl groups is 1. The first kappa shape index (κ1) is 28.6. The highest BCUT2D eigenvalue weighted by Crippen LogP contribution is 2.36. The van der Waals surface area contributed by atoms with Crippen molar-refractivity contribution in [1.29, 1.82) is 0 Å². The zero-order valence-electron chi connectivity index (χ0n) is 21.2. The van der Waals surface area contributed by atoms with Gasteiger partial charge in [-0.25, -0.2) is 9.59 Å². The number of hydrazone groups is 1. The van der Waals surface area contributed by atoms with Gasteiger partial charge in [0, 0.05) is 5.70 Å². The number of halogens is 1. The van der Waals surface area contributed by atoms with Gasteiger partial charge in [0.25, 0.3) is 0 Å². The Morgan fingerprint density at radius 3 is 2.66 bits per heavy atom. The van der Waals surface area contributed by atoms with Crippen LogP contribution in [0.5, 0.6) is 23.0 Å². The van der Waals surface area contributed by atoms with E-state index in [-0.39, 0.29) is 23.7 Å². The van der Waals surface area contributed by atoms with Crippen LogP contribution in [-0.2, 0) is 9.53 Å². The molecule has 2 atom stereocenters. The number of phenols is 1. The van der Waals surface area contributed by atoms with Crippen molar-refractivity contribution in [2.45, 2.75) is 26.1 Å². The van der Waals surface area contributed by atoms with Crippen LogP contribution in [-0.4, -0.2) is 62.1 Å². The number of nitrogens with one attached hydrogen (secondary N) is 3. The molecule has 12 nitrogen and oxygen atoms in total. The molecule has 2 aromatic carbocycles. The van der Waals surface area contributed by atoms with Crippen LogP contribution in [0, 0.1) is 0 Å². The average Bonchev–Trinajstić information content (AvgIpc) is 2.89. The first-order chi connectivity index (χ1) is 18.2. The van der Waals surface area contributed by atoms with Gasteiger partial charge < -0.3 is 39.8 Å². The Balaban J connectivity index is 1.70. The maximum atomic E-state index is 12.4.